The SMILES string of the molecule is CCNC(=NCc1nc(C)c(C)o1)NCC1CCC(CC)CC1.I. The third-order valence-corrected chi connectivity index (χ3v) is 4.89. The monoisotopic (exact) mass is 448 g/mol. The van der Waals surface area contributed by atoms with E-state index in [4.69, 9.17) is 4.42 Å². The molecule has 1 saturated carbocycles. The van der Waals surface area contributed by atoms with Crippen molar-refractivity contribution < 1.29 is 4.42 Å². The lowest BCUT2D eigenvalue weighted by molar-refractivity contribution is 0.269. The molecule has 0 amide bonds. The number of aryl methyl sites for hydroxylation is 2. The van der Waals surface area contributed by atoms with Crippen LogP contribution in [-0.4, -0.2) is 24.0 Å². The van der Waals surface area contributed by atoms with Gasteiger partial charge in [-0.05, 0) is 45.4 Å². The molecule has 0 saturated heterocycles. The highest BCUT2D eigenvalue weighted by Gasteiger charge is 2.19. The first-order chi connectivity index (χ1) is 11.1. The molecular weight excluding hydrogens is 415 g/mol. The Morgan fingerprint density at radius 1 is 1.12 bits per heavy atom. The van der Waals surface area contributed by atoms with E-state index in [0.29, 0.717) is 12.4 Å². The van der Waals surface area contributed by atoms with Crippen molar-refractivity contribution in [3.63, 3.8) is 0 Å². The number of nitrogens with one attached hydrogen (secondary N) is 2. The maximum atomic E-state index is 5.59. The van der Waals surface area contributed by atoms with Gasteiger partial charge in [0, 0.05) is 13.1 Å². The van der Waals surface area contributed by atoms with Gasteiger partial charge in [0.1, 0.15) is 12.3 Å². The number of hydrogen-bond donors (Lipinski definition) is 2. The summed E-state index contributed by atoms with van der Waals surface area (Å²) in [5.74, 6) is 4.14. The van der Waals surface area contributed by atoms with Crippen LogP contribution in [0.5, 0.6) is 0 Å². The van der Waals surface area contributed by atoms with Crippen LogP contribution in [0, 0.1) is 25.7 Å². The Morgan fingerprint density at radius 3 is 2.33 bits per heavy atom. The molecule has 0 unspecified atom stereocenters. The van der Waals surface area contributed by atoms with Crippen LogP contribution in [0.25, 0.3) is 0 Å². The van der Waals surface area contributed by atoms with E-state index in [0.717, 1.165) is 42.3 Å². The second kappa shape index (κ2) is 10.9. The minimum Gasteiger partial charge on any atom is -0.444 e. The van der Waals surface area contributed by atoms with Gasteiger partial charge in [-0.15, -0.1) is 24.0 Å². The van der Waals surface area contributed by atoms with Gasteiger partial charge in [0.25, 0.3) is 0 Å². The van der Waals surface area contributed by atoms with Crippen LogP contribution in [0.15, 0.2) is 9.41 Å². The number of hydrogen-bond acceptors (Lipinski definition) is 3. The number of oxazole rings is 1. The predicted molar refractivity (Wildman–Crippen MR) is 110 cm³/mol. The molecule has 24 heavy (non-hydrogen) atoms. The van der Waals surface area contributed by atoms with Gasteiger partial charge in [-0.25, -0.2) is 9.98 Å². The molecule has 138 valence electrons. The molecule has 1 aromatic rings. The van der Waals surface area contributed by atoms with Crippen molar-refractivity contribution in [2.75, 3.05) is 13.1 Å². The summed E-state index contributed by atoms with van der Waals surface area (Å²) in [5.41, 5.74) is 0.945. The summed E-state index contributed by atoms with van der Waals surface area (Å²) in [4.78, 5) is 8.97. The van der Waals surface area contributed by atoms with Crippen LogP contribution >= 0.6 is 24.0 Å². The van der Waals surface area contributed by atoms with E-state index >= 15 is 0 Å². The maximum absolute atomic E-state index is 5.59. The summed E-state index contributed by atoms with van der Waals surface area (Å²) in [6, 6.07) is 0. The summed E-state index contributed by atoms with van der Waals surface area (Å²) in [7, 11) is 0. The smallest absolute Gasteiger partial charge is 0.216 e. The zero-order valence-electron chi connectivity index (χ0n) is 15.5. The Kier molecular flexibility index (Phi) is 9.69. The molecule has 1 aromatic heterocycles. The van der Waals surface area contributed by atoms with Gasteiger partial charge in [0.2, 0.25) is 5.89 Å². The van der Waals surface area contributed by atoms with E-state index in [1.807, 2.05) is 13.8 Å². The molecule has 0 spiro atoms. The van der Waals surface area contributed by atoms with Gasteiger partial charge in [-0.3, -0.25) is 0 Å². The van der Waals surface area contributed by atoms with Crippen molar-refractivity contribution in [3.8, 4) is 0 Å². The lowest BCUT2D eigenvalue weighted by Gasteiger charge is -2.28. The first-order valence-electron chi connectivity index (χ1n) is 9.07. The molecule has 1 fully saturated rings. The summed E-state index contributed by atoms with van der Waals surface area (Å²) in [6.45, 7) is 10.6. The molecule has 0 atom stereocenters. The van der Waals surface area contributed by atoms with Crippen LogP contribution in [0.3, 0.4) is 0 Å². The minimum absolute atomic E-state index is 0. The molecule has 1 heterocycles. The molecule has 2 rings (SSSR count). The molecule has 0 bridgehead atoms. The second-order valence-electron chi connectivity index (χ2n) is 6.62. The van der Waals surface area contributed by atoms with Crippen LogP contribution in [-0.2, 0) is 6.54 Å². The standard InChI is InChI=1S/C18H32N4O.HI/c1-5-15-7-9-16(10-8-15)11-20-18(19-6-2)21-12-17-22-13(3)14(4)23-17;/h15-16H,5-12H2,1-4H3,(H2,19,20,21);1H. The molecule has 0 aliphatic heterocycles. The Bertz CT molecular complexity index is 488. The first kappa shape index (κ1) is 21.3. The molecular formula is C18H33IN4O. The zero-order valence-corrected chi connectivity index (χ0v) is 17.9. The van der Waals surface area contributed by atoms with E-state index in [1.165, 1.54) is 32.1 Å². The summed E-state index contributed by atoms with van der Waals surface area (Å²) < 4.78 is 5.59. The molecule has 5 nitrogen and oxygen atoms in total. The lowest BCUT2D eigenvalue weighted by Crippen LogP contribution is -2.40. The third-order valence-electron chi connectivity index (χ3n) is 4.89. The molecule has 1 aliphatic rings. The Balaban J connectivity index is 0.00000288. The van der Waals surface area contributed by atoms with E-state index in [2.05, 4.69) is 34.5 Å². The minimum atomic E-state index is 0. The highest BCUT2D eigenvalue weighted by molar-refractivity contribution is 14.0. The van der Waals surface area contributed by atoms with Gasteiger partial charge in [-0.2, -0.15) is 0 Å². The van der Waals surface area contributed by atoms with Crippen LogP contribution in [0.4, 0.5) is 0 Å². The van der Waals surface area contributed by atoms with Gasteiger partial charge in [-0.1, -0.05) is 26.2 Å². The first-order valence-corrected chi connectivity index (χ1v) is 9.07. The van der Waals surface area contributed by atoms with Crippen molar-refractivity contribution in [3.05, 3.63) is 17.3 Å². The van der Waals surface area contributed by atoms with Gasteiger partial charge < -0.3 is 15.1 Å². The number of halogens is 1. The van der Waals surface area contributed by atoms with Crippen LogP contribution < -0.4 is 10.6 Å². The Morgan fingerprint density at radius 2 is 1.79 bits per heavy atom. The van der Waals surface area contributed by atoms with E-state index in [1.54, 1.807) is 0 Å². The van der Waals surface area contributed by atoms with Crippen molar-refractivity contribution in [1.82, 2.24) is 15.6 Å². The van der Waals surface area contributed by atoms with Crippen molar-refractivity contribution in [2.24, 2.45) is 16.8 Å². The molecule has 6 heteroatoms. The molecule has 1 aliphatic carbocycles. The number of aliphatic imine (C=N–C) groups is 1. The molecule has 2 N–H and O–H groups in total. The van der Waals surface area contributed by atoms with Crippen LogP contribution in [0.2, 0.25) is 0 Å². The van der Waals surface area contributed by atoms with E-state index in [9.17, 15) is 0 Å². The fourth-order valence-corrected chi connectivity index (χ4v) is 3.18. The van der Waals surface area contributed by atoms with Crippen LogP contribution in [0.1, 0.15) is 63.3 Å². The summed E-state index contributed by atoms with van der Waals surface area (Å²) >= 11 is 0. The summed E-state index contributed by atoms with van der Waals surface area (Å²) in [6.07, 6.45) is 6.77. The number of nitrogens with zero attached hydrogens (tertiary/aromatic N) is 2. The summed E-state index contributed by atoms with van der Waals surface area (Å²) in [5, 5.41) is 6.79. The lowest BCUT2D eigenvalue weighted by atomic mass is 9.81. The van der Waals surface area contributed by atoms with Crippen molar-refractivity contribution >= 4 is 29.9 Å². The van der Waals surface area contributed by atoms with Crippen molar-refractivity contribution in [1.29, 1.82) is 0 Å². The average Bonchev–Trinajstić information content (AvgIpc) is 2.89. The van der Waals surface area contributed by atoms with Gasteiger partial charge in [0.15, 0.2) is 5.96 Å². The number of guanidine groups is 1. The Hall–Kier alpha value is -0.790. The topological polar surface area (TPSA) is 62.5 Å². The fourth-order valence-electron chi connectivity index (χ4n) is 3.18. The number of aromatic nitrogens is 1. The fraction of sp³-hybridized carbons (Fsp3) is 0.778. The average molecular weight is 448 g/mol. The largest absolute Gasteiger partial charge is 0.444 e. The Labute approximate surface area is 163 Å². The normalized spacial score (nSPS) is 21.2. The predicted octanol–water partition coefficient (Wildman–Crippen LogP) is 4.18. The van der Waals surface area contributed by atoms with Crippen molar-refractivity contribution in [2.45, 2.75) is 66.3 Å². The van der Waals surface area contributed by atoms with Gasteiger partial charge in [0.05, 0.1) is 5.69 Å². The highest BCUT2D eigenvalue weighted by Crippen LogP contribution is 2.30. The molecule has 0 aromatic carbocycles. The third kappa shape index (κ3) is 6.61. The van der Waals surface area contributed by atoms with E-state index in [-0.39, 0.29) is 24.0 Å². The number of rotatable bonds is 6. The highest BCUT2D eigenvalue weighted by atomic mass is 127. The molecule has 0 radical (unpaired) electrons. The maximum Gasteiger partial charge on any atom is 0.216 e. The quantitative estimate of drug-likeness (QED) is 0.390. The van der Waals surface area contributed by atoms with Gasteiger partial charge >= 0.3 is 0 Å². The second-order valence-corrected chi connectivity index (χ2v) is 6.62. The zero-order chi connectivity index (χ0) is 16.7. The van der Waals surface area contributed by atoms with E-state index < -0.39 is 0 Å².